The second-order valence-electron chi connectivity index (χ2n) is 6.19. The van der Waals surface area contributed by atoms with Crippen molar-refractivity contribution in [3.8, 4) is 0 Å². The molecular weight excluding hydrogens is 388 g/mol. The zero-order valence-electron chi connectivity index (χ0n) is 14.2. The lowest BCUT2D eigenvalue weighted by Gasteiger charge is -2.29. The third kappa shape index (κ3) is 4.34. The highest BCUT2D eigenvalue weighted by molar-refractivity contribution is 7.80. The lowest BCUT2D eigenvalue weighted by molar-refractivity contribution is -0.132. The van der Waals surface area contributed by atoms with Crippen LogP contribution in [-0.2, 0) is 24.3 Å². The number of hydrazine groups is 1. The largest absolute Gasteiger partial charge is 0.418 e. The van der Waals surface area contributed by atoms with Crippen LogP contribution in [0.15, 0.2) is 10.4 Å². The molecule has 0 aromatic heterocycles. The molecule has 2 saturated heterocycles. The van der Waals surface area contributed by atoms with E-state index in [4.69, 9.17) is 4.55 Å². The number of hydrogen-bond donors (Lipinski definition) is 3. The number of carbonyl (C=O) groups excluding carboxylic acids is 3. The van der Waals surface area contributed by atoms with Gasteiger partial charge < -0.3 is 4.90 Å². The zero-order chi connectivity index (χ0) is 19.8. The van der Waals surface area contributed by atoms with Crippen LogP contribution in [0.2, 0.25) is 0 Å². The highest BCUT2D eigenvalue weighted by atomic mass is 32.3. The number of hydroxylamine groups is 2. The van der Waals surface area contributed by atoms with Gasteiger partial charge in [0.05, 0.1) is 6.04 Å². The van der Waals surface area contributed by atoms with Crippen molar-refractivity contribution >= 4 is 28.2 Å². The van der Waals surface area contributed by atoms with Crippen LogP contribution in [0.25, 0.3) is 0 Å². The molecule has 27 heavy (non-hydrogen) atoms. The molecule has 0 spiro atoms. The minimum absolute atomic E-state index is 0.0564. The number of fused-ring (bicyclic) bond motifs is 2. The minimum atomic E-state index is -4.86. The molecule has 2 atom stereocenters. The Hall–Kier alpha value is -2.72. The number of nitrogens with one attached hydrogen (secondary N) is 2. The first kappa shape index (κ1) is 19.1. The SMILES string of the molecule is CN1CN(CC(=O)NNC(=O)C2CCC3CN2C(=O)N3OS(=O)(=O)O)N=N1. The van der Waals surface area contributed by atoms with Crippen molar-refractivity contribution in [3.63, 3.8) is 0 Å². The van der Waals surface area contributed by atoms with Crippen LogP contribution < -0.4 is 10.9 Å². The molecule has 0 aliphatic carbocycles. The summed E-state index contributed by atoms with van der Waals surface area (Å²) >= 11 is 0. The average molecular weight is 406 g/mol. The van der Waals surface area contributed by atoms with E-state index in [9.17, 15) is 22.8 Å². The fourth-order valence-corrected chi connectivity index (χ4v) is 3.41. The summed E-state index contributed by atoms with van der Waals surface area (Å²) in [6, 6.07) is -2.38. The van der Waals surface area contributed by atoms with Crippen molar-refractivity contribution in [3.05, 3.63) is 0 Å². The van der Waals surface area contributed by atoms with Gasteiger partial charge in [0.25, 0.3) is 11.8 Å². The van der Waals surface area contributed by atoms with Crippen LogP contribution in [0.5, 0.6) is 0 Å². The third-order valence-corrected chi connectivity index (χ3v) is 4.49. The Labute approximate surface area is 153 Å². The van der Waals surface area contributed by atoms with Gasteiger partial charge in [0.15, 0.2) is 0 Å². The maximum absolute atomic E-state index is 12.3. The molecule has 150 valence electrons. The maximum Gasteiger partial charge on any atom is 0.418 e. The first-order valence-corrected chi connectivity index (χ1v) is 9.24. The average Bonchev–Trinajstić information content (AvgIpc) is 3.09. The fourth-order valence-electron chi connectivity index (χ4n) is 3.02. The number of nitrogens with zero attached hydrogens (tertiary/aromatic N) is 6. The molecule has 15 nitrogen and oxygen atoms in total. The van der Waals surface area contributed by atoms with Crippen LogP contribution >= 0.6 is 0 Å². The van der Waals surface area contributed by atoms with E-state index in [0.29, 0.717) is 11.7 Å². The molecular formula is C11H18N8O7S. The summed E-state index contributed by atoms with van der Waals surface area (Å²) < 4.78 is 34.7. The van der Waals surface area contributed by atoms with Crippen molar-refractivity contribution in [1.82, 2.24) is 30.8 Å². The highest BCUT2D eigenvalue weighted by Gasteiger charge is 2.49. The van der Waals surface area contributed by atoms with Crippen molar-refractivity contribution in [2.24, 2.45) is 10.4 Å². The summed E-state index contributed by atoms with van der Waals surface area (Å²) in [6.45, 7) is 0.262. The van der Waals surface area contributed by atoms with Crippen molar-refractivity contribution in [2.45, 2.75) is 24.9 Å². The van der Waals surface area contributed by atoms with Crippen LogP contribution in [0.1, 0.15) is 12.8 Å². The Morgan fingerprint density at radius 2 is 2.04 bits per heavy atom. The van der Waals surface area contributed by atoms with E-state index in [-0.39, 0.29) is 25.9 Å². The Kier molecular flexibility index (Phi) is 5.03. The first-order valence-electron chi connectivity index (χ1n) is 7.87. The van der Waals surface area contributed by atoms with Crippen LogP contribution in [0, 0.1) is 0 Å². The molecule has 4 amide bonds. The van der Waals surface area contributed by atoms with Gasteiger partial charge in [-0.05, 0) is 12.8 Å². The molecule has 16 heteroatoms. The second-order valence-corrected chi connectivity index (χ2v) is 7.19. The molecule has 2 fully saturated rings. The van der Waals surface area contributed by atoms with Crippen LogP contribution in [0.3, 0.4) is 0 Å². The van der Waals surface area contributed by atoms with Crippen LogP contribution in [-0.4, -0.2) is 89.7 Å². The van der Waals surface area contributed by atoms with E-state index in [1.807, 2.05) is 0 Å². The van der Waals surface area contributed by atoms with Gasteiger partial charge in [-0.2, -0.15) is 13.5 Å². The van der Waals surface area contributed by atoms with Crippen molar-refractivity contribution in [2.75, 3.05) is 26.8 Å². The first-order chi connectivity index (χ1) is 12.6. The number of carbonyl (C=O) groups is 3. The van der Waals surface area contributed by atoms with Crippen molar-refractivity contribution in [1.29, 1.82) is 0 Å². The monoisotopic (exact) mass is 406 g/mol. The summed E-state index contributed by atoms with van der Waals surface area (Å²) in [5.74, 6) is -1.17. The van der Waals surface area contributed by atoms with Gasteiger partial charge in [0.1, 0.15) is 19.3 Å². The lowest BCUT2D eigenvalue weighted by atomic mass is 10.0. The molecule has 2 bridgehead atoms. The summed E-state index contributed by atoms with van der Waals surface area (Å²) in [7, 11) is -3.18. The van der Waals surface area contributed by atoms with E-state index in [2.05, 4.69) is 25.6 Å². The number of rotatable bonds is 5. The standard InChI is InChI=1S/C11H18N8O7S/c1-16-6-17(15-14-16)5-9(20)12-13-10(21)8-3-2-7-4-18(8)11(22)19(7)26-27(23,24)25/h7-8H,2-6H2,1H3,(H,12,20)(H,13,21)(H,23,24,25). The summed E-state index contributed by atoms with van der Waals surface area (Å²) in [5, 5.41) is 10.9. The van der Waals surface area contributed by atoms with Gasteiger partial charge in [-0.25, -0.2) is 9.80 Å². The normalized spacial score (nSPS) is 24.6. The van der Waals surface area contributed by atoms with Gasteiger partial charge in [-0.3, -0.25) is 30.0 Å². The Morgan fingerprint density at radius 1 is 1.30 bits per heavy atom. The van der Waals surface area contributed by atoms with E-state index in [1.165, 1.54) is 10.0 Å². The molecule has 2 unspecified atom stereocenters. The Balaban J connectivity index is 1.51. The molecule has 0 saturated carbocycles. The van der Waals surface area contributed by atoms with E-state index in [0.717, 1.165) is 4.90 Å². The van der Waals surface area contributed by atoms with Crippen molar-refractivity contribution < 1.29 is 31.6 Å². The lowest BCUT2D eigenvalue weighted by Crippen LogP contribution is -2.55. The van der Waals surface area contributed by atoms with Gasteiger partial charge >= 0.3 is 16.4 Å². The predicted octanol–water partition coefficient (Wildman–Crippen LogP) is -2.38. The van der Waals surface area contributed by atoms with Gasteiger partial charge in [0.2, 0.25) is 0 Å². The zero-order valence-corrected chi connectivity index (χ0v) is 15.0. The molecule has 3 aliphatic rings. The van der Waals surface area contributed by atoms with Gasteiger partial charge in [-0.15, -0.1) is 4.28 Å². The smallest absolute Gasteiger partial charge is 0.309 e. The molecule has 3 rings (SSSR count). The molecule has 0 radical (unpaired) electrons. The second kappa shape index (κ2) is 7.12. The van der Waals surface area contributed by atoms with E-state index >= 15 is 0 Å². The Morgan fingerprint density at radius 3 is 2.67 bits per heavy atom. The Bertz CT molecular complexity index is 773. The summed E-state index contributed by atoms with van der Waals surface area (Å²) in [4.78, 5) is 37.5. The third-order valence-electron chi connectivity index (χ3n) is 4.14. The molecule has 0 aromatic rings. The maximum atomic E-state index is 12.3. The number of hydrogen-bond acceptors (Lipinski definition) is 10. The number of piperidine rings is 1. The van der Waals surface area contributed by atoms with Gasteiger partial charge in [0, 0.05) is 13.6 Å². The quantitative estimate of drug-likeness (QED) is 0.332. The molecule has 3 N–H and O–H groups in total. The number of amides is 4. The van der Waals surface area contributed by atoms with E-state index in [1.54, 1.807) is 7.05 Å². The summed E-state index contributed by atoms with van der Waals surface area (Å²) in [5.41, 5.74) is 4.46. The van der Waals surface area contributed by atoms with E-state index < -0.39 is 40.3 Å². The predicted molar refractivity (Wildman–Crippen MR) is 83.9 cm³/mol. The van der Waals surface area contributed by atoms with Crippen LogP contribution in [0.4, 0.5) is 4.79 Å². The fraction of sp³-hybridized carbons (Fsp3) is 0.727. The highest BCUT2D eigenvalue weighted by Crippen LogP contribution is 2.30. The topological polar surface area (TPSA) is 177 Å². The molecule has 3 aliphatic heterocycles. The summed E-state index contributed by atoms with van der Waals surface area (Å²) in [6.07, 6.45) is 0.513. The molecule has 0 aromatic carbocycles. The number of urea groups is 1. The minimum Gasteiger partial charge on any atom is -0.309 e. The van der Waals surface area contributed by atoms with Gasteiger partial charge in [-0.1, -0.05) is 10.4 Å². The molecule has 3 heterocycles.